The number of aromatic nitrogens is 3. The molecular formula is C10H14IN4-. The molecule has 0 fully saturated rings. The monoisotopic (exact) mass is 317 g/mol. The van der Waals surface area contributed by atoms with E-state index < -0.39 is 0 Å². The van der Waals surface area contributed by atoms with Crippen LogP contribution < -0.4 is 26.9 Å². The molecule has 2 heterocycles. The first-order valence-electron chi connectivity index (χ1n) is 4.75. The molecular weight excluding hydrogens is 303 g/mol. The summed E-state index contributed by atoms with van der Waals surface area (Å²) in [4.78, 5) is 10.6. The van der Waals surface area contributed by atoms with Crippen molar-refractivity contribution in [3.8, 4) is 0 Å². The average molecular weight is 317 g/mol. The second-order valence-corrected chi connectivity index (χ2v) is 5.87. The molecule has 0 radical (unpaired) electrons. The van der Waals surface area contributed by atoms with Gasteiger partial charge < -0.3 is 0 Å². The van der Waals surface area contributed by atoms with Crippen molar-refractivity contribution in [1.82, 2.24) is 14.5 Å². The van der Waals surface area contributed by atoms with Crippen molar-refractivity contribution < 1.29 is 21.2 Å². The molecule has 82 valence electrons. The molecule has 2 rings (SSSR count). The minimum atomic E-state index is 0.00483. The summed E-state index contributed by atoms with van der Waals surface area (Å²) in [5.74, 6) is 0.607. The normalized spacial score (nSPS) is 11.7. The molecule has 0 aromatic carbocycles. The van der Waals surface area contributed by atoms with Gasteiger partial charge in [0.25, 0.3) is 0 Å². The van der Waals surface area contributed by atoms with Gasteiger partial charge in [-0.15, -0.1) is 0 Å². The van der Waals surface area contributed by atoms with Crippen LogP contribution in [-0.4, -0.2) is 19.5 Å². The zero-order chi connectivity index (χ0) is 11.0. The van der Waals surface area contributed by atoms with Gasteiger partial charge in [-0.2, -0.15) is 0 Å². The van der Waals surface area contributed by atoms with Crippen molar-refractivity contribution in [1.29, 1.82) is 0 Å². The summed E-state index contributed by atoms with van der Waals surface area (Å²) in [6.07, 6.45) is 3.71. The van der Waals surface area contributed by atoms with Gasteiger partial charge in [0.1, 0.15) is 0 Å². The molecule has 0 bridgehead atoms. The van der Waals surface area contributed by atoms with Crippen molar-refractivity contribution in [3.05, 3.63) is 16.1 Å². The summed E-state index contributed by atoms with van der Waals surface area (Å²) < 4.78 is 3.50. The summed E-state index contributed by atoms with van der Waals surface area (Å²) >= 11 is 0.00483. The van der Waals surface area contributed by atoms with Crippen LogP contribution in [0.1, 0.15) is 19.9 Å². The average Bonchev–Trinajstić information content (AvgIpc) is 2.58. The Kier molecular flexibility index (Phi) is 2.81. The summed E-state index contributed by atoms with van der Waals surface area (Å²) in [5.41, 5.74) is 6.87. The Balaban J connectivity index is 2.81. The predicted octanol–water partition coefficient (Wildman–Crippen LogP) is -1.52. The van der Waals surface area contributed by atoms with Gasteiger partial charge in [0.05, 0.1) is 0 Å². The summed E-state index contributed by atoms with van der Waals surface area (Å²) in [6.45, 7) is 4.30. The SMILES string of the molecule is C[I-]c1cn(C(C)C)c2ncnc(N)c12. The van der Waals surface area contributed by atoms with Crippen molar-refractivity contribution in [2.75, 3.05) is 10.7 Å². The molecule has 0 amide bonds. The molecule has 5 heteroatoms. The maximum atomic E-state index is 5.90. The van der Waals surface area contributed by atoms with Gasteiger partial charge in [-0.25, -0.2) is 0 Å². The number of hydrogen-bond donors (Lipinski definition) is 1. The van der Waals surface area contributed by atoms with Crippen molar-refractivity contribution in [3.63, 3.8) is 0 Å². The van der Waals surface area contributed by atoms with E-state index in [1.165, 1.54) is 9.90 Å². The van der Waals surface area contributed by atoms with E-state index in [0.717, 1.165) is 11.0 Å². The van der Waals surface area contributed by atoms with E-state index in [0.29, 0.717) is 11.9 Å². The molecule has 0 unspecified atom stereocenters. The molecule has 15 heavy (non-hydrogen) atoms. The number of rotatable bonds is 2. The van der Waals surface area contributed by atoms with Crippen molar-refractivity contribution in [2.24, 2.45) is 0 Å². The molecule has 0 saturated heterocycles. The molecule has 0 aliphatic rings. The maximum absolute atomic E-state index is 5.90. The number of nitrogens with zero attached hydrogens (tertiary/aromatic N) is 3. The Bertz CT molecular complexity index is 489. The summed E-state index contributed by atoms with van der Waals surface area (Å²) in [7, 11) is 0. The van der Waals surface area contributed by atoms with Gasteiger partial charge in [-0.05, 0) is 0 Å². The molecule has 4 nitrogen and oxygen atoms in total. The van der Waals surface area contributed by atoms with Gasteiger partial charge in [0.15, 0.2) is 0 Å². The third-order valence-electron chi connectivity index (χ3n) is 2.35. The number of hydrogen-bond acceptors (Lipinski definition) is 3. The second kappa shape index (κ2) is 3.96. The molecule has 0 atom stereocenters. The van der Waals surface area contributed by atoms with E-state index in [-0.39, 0.29) is 21.2 Å². The minimum absolute atomic E-state index is 0.00483. The summed E-state index contributed by atoms with van der Waals surface area (Å²) in [5, 5.41) is 1.06. The van der Waals surface area contributed by atoms with E-state index in [1.807, 2.05) is 0 Å². The van der Waals surface area contributed by atoms with E-state index in [2.05, 4.69) is 39.5 Å². The van der Waals surface area contributed by atoms with Crippen LogP contribution in [0.25, 0.3) is 11.0 Å². The molecule has 0 aliphatic heterocycles. The van der Waals surface area contributed by atoms with Gasteiger partial charge in [-0.1, -0.05) is 0 Å². The Morgan fingerprint density at radius 3 is 2.73 bits per heavy atom. The third-order valence-corrected chi connectivity index (χ3v) is 4.33. The summed E-state index contributed by atoms with van der Waals surface area (Å²) in [6, 6.07) is 0.408. The molecule has 2 N–H and O–H groups in total. The molecule has 2 aromatic heterocycles. The third kappa shape index (κ3) is 1.68. The van der Waals surface area contributed by atoms with E-state index >= 15 is 0 Å². The van der Waals surface area contributed by atoms with Crippen LogP contribution in [0.2, 0.25) is 0 Å². The molecule has 2 aromatic rings. The zero-order valence-electron chi connectivity index (χ0n) is 9.03. The predicted molar refractivity (Wildman–Crippen MR) is 56.9 cm³/mol. The first kappa shape index (κ1) is 10.7. The topological polar surface area (TPSA) is 56.7 Å². The Labute approximate surface area is 99.2 Å². The Morgan fingerprint density at radius 1 is 1.40 bits per heavy atom. The van der Waals surface area contributed by atoms with Crippen LogP contribution in [0.3, 0.4) is 0 Å². The van der Waals surface area contributed by atoms with Crippen LogP contribution >= 0.6 is 0 Å². The van der Waals surface area contributed by atoms with E-state index in [1.54, 1.807) is 0 Å². The zero-order valence-corrected chi connectivity index (χ0v) is 11.2. The van der Waals surface area contributed by atoms with Crippen LogP contribution in [0.5, 0.6) is 0 Å². The fraction of sp³-hybridized carbons (Fsp3) is 0.400. The second-order valence-electron chi connectivity index (χ2n) is 3.62. The Morgan fingerprint density at radius 2 is 2.13 bits per heavy atom. The quantitative estimate of drug-likeness (QED) is 0.541. The first-order valence-corrected chi connectivity index (χ1v) is 7.99. The standard InChI is InChI=1S/C10H14IN4/c1-6(2)15-4-7(11-3)8-9(12)13-5-14-10(8)15/h4-6H,1-3H3,(H2,12,13,14)/q-1. The van der Waals surface area contributed by atoms with Gasteiger partial charge in [0, 0.05) is 0 Å². The Hall–Kier alpha value is -0.850. The molecule has 0 spiro atoms. The van der Waals surface area contributed by atoms with E-state index in [4.69, 9.17) is 5.73 Å². The molecule has 0 saturated carbocycles. The van der Waals surface area contributed by atoms with E-state index in [9.17, 15) is 0 Å². The van der Waals surface area contributed by atoms with Crippen LogP contribution in [0.15, 0.2) is 12.5 Å². The van der Waals surface area contributed by atoms with Crippen LogP contribution in [0.4, 0.5) is 5.82 Å². The number of fused-ring (bicyclic) bond motifs is 1. The number of nitrogens with two attached hydrogens (primary N) is 1. The van der Waals surface area contributed by atoms with Gasteiger partial charge >= 0.3 is 99.2 Å². The van der Waals surface area contributed by atoms with Crippen molar-refractivity contribution >= 4 is 16.9 Å². The fourth-order valence-electron chi connectivity index (χ4n) is 1.60. The van der Waals surface area contributed by atoms with Crippen molar-refractivity contribution in [2.45, 2.75) is 19.9 Å². The number of nitrogen functional groups attached to an aromatic ring is 1. The van der Waals surface area contributed by atoms with Crippen LogP contribution in [-0.2, 0) is 0 Å². The van der Waals surface area contributed by atoms with Gasteiger partial charge in [0.2, 0.25) is 0 Å². The number of halogens is 1. The number of anilines is 1. The first-order chi connectivity index (χ1) is 7.15. The number of alkyl halides is 1. The molecule has 0 aliphatic carbocycles. The van der Waals surface area contributed by atoms with Crippen LogP contribution in [0, 0.1) is 3.57 Å². The van der Waals surface area contributed by atoms with Gasteiger partial charge in [-0.3, -0.25) is 0 Å². The fourth-order valence-corrected chi connectivity index (χ4v) is 3.23.